The van der Waals surface area contributed by atoms with Crippen molar-refractivity contribution in [3.05, 3.63) is 0 Å². The van der Waals surface area contributed by atoms with E-state index in [9.17, 15) is 5.11 Å². The summed E-state index contributed by atoms with van der Waals surface area (Å²) in [5, 5.41) is 21.7. The fourth-order valence-electron chi connectivity index (χ4n) is 1.74. The predicted octanol–water partition coefficient (Wildman–Crippen LogP) is 0.755. The fourth-order valence-corrected chi connectivity index (χ4v) is 1.74. The average Bonchev–Trinajstić information content (AvgIpc) is 2.15. The first kappa shape index (κ1) is 12.0. The average molecular weight is 201 g/mol. The molecule has 1 saturated carbocycles. The van der Waals surface area contributed by atoms with Crippen LogP contribution in [0.2, 0.25) is 0 Å². The summed E-state index contributed by atoms with van der Waals surface area (Å²) < 4.78 is 0. The van der Waals surface area contributed by atoms with Gasteiger partial charge in [0.1, 0.15) is 0 Å². The Morgan fingerprint density at radius 2 is 2.07 bits per heavy atom. The van der Waals surface area contributed by atoms with E-state index in [2.05, 4.69) is 19.2 Å². The molecular formula is C11H23NO2. The number of aliphatic hydroxyl groups excluding tert-OH is 2. The van der Waals surface area contributed by atoms with Crippen molar-refractivity contribution >= 4 is 0 Å². The van der Waals surface area contributed by atoms with Gasteiger partial charge < -0.3 is 15.5 Å². The Balaban J connectivity index is 2.08. The number of hydrogen-bond donors (Lipinski definition) is 3. The van der Waals surface area contributed by atoms with Crippen molar-refractivity contribution in [3.8, 4) is 0 Å². The molecule has 0 amide bonds. The molecule has 0 aliphatic heterocycles. The van der Waals surface area contributed by atoms with Gasteiger partial charge in [-0.15, -0.1) is 0 Å². The molecule has 1 rings (SSSR count). The molecule has 3 N–H and O–H groups in total. The van der Waals surface area contributed by atoms with Crippen LogP contribution in [0.15, 0.2) is 0 Å². The third-order valence-electron chi connectivity index (χ3n) is 3.43. The van der Waals surface area contributed by atoms with Crippen LogP contribution < -0.4 is 5.32 Å². The maximum atomic E-state index is 9.18. The summed E-state index contributed by atoms with van der Waals surface area (Å²) in [6.45, 7) is 6.28. The zero-order chi connectivity index (χ0) is 10.6. The minimum absolute atomic E-state index is 0.0162. The van der Waals surface area contributed by atoms with Gasteiger partial charge in [-0.25, -0.2) is 0 Å². The first-order valence-electron chi connectivity index (χ1n) is 5.59. The Morgan fingerprint density at radius 3 is 2.50 bits per heavy atom. The van der Waals surface area contributed by atoms with Crippen LogP contribution in [0.5, 0.6) is 0 Å². The number of nitrogens with one attached hydrogen (secondary N) is 1. The van der Waals surface area contributed by atoms with E-state index in [0.29, 0.717) is 5.92 Å². The van der Waals surface area contributed by atoms with E-state index in [0.717, 1.165) is 32.4 Å². The largest absolute Gasteiger partial charge is 0.396 e. The molecule has 0 aromatic rings. The summed E-state index contributed by atoms with van der Waals surface area (Å²) >= 11 is 0. The van der Waals surface area contributed by atoms with E-state index in [1.54, 1.807) is 0 Å². The molecule has 1 aliphatic carbocycles. The highest BCUT2D eigenvalue weighted by Crippen LogP contribution is 2.26. The third kappa shape index (κ3) is 3.23. The molecular weight excluding hydrogens is 178 g/mol. The highest BCUT2D eigenvalue weighted by atomic mass is 16.3. The number of rotatable bonds is 6. The summed E-state index contributed by atoms with van der Waals surface area (Å²) in [4.78, 5) is 0. The third-order valence-corrected chi connectivity index (χ3v) is 3.43. The molecule has 1 atom stereocenters. The monoisotopic (exact) mass is 201 g/mol. The molecule has 1 aliphatic rings. The Hall–Kier alpha value is -0.120. The van der Waals surface area contributed by atoms with E-state index < -0.39 is 0 Å². The standard InChI is InChI=1S/C11H23NO2/c1-3-11(2,8-13)7-12-6-9-4-10(14)5-9/h9-10,12-14H,3-8H2,1-2H3. The highest BCUT2D eigenvalue weighted by molar-refractivity contribution is 4.82. The van der Waals surface area contributed by atoms with Crippen LogP contribution in [0.25, 0.3) is 0 Å². The van der Waals surface area contributed by atoms with Gasteiger partial charge in [-0.2, -0.15) is 0 Å². The Morgan fingerprint density at radius 1 is 1.43 bits per heavy atom. The second-order valence-corrected chi connectivity index (χ2v) is 4.94. The smallest absolute Gasteiger partial charge is 0.0546 e. The molecule has 0 aromatic carbocycles. The van der Waals surface area contributed by atoms with Crippen molar-refractivity contribution in [1.82, 2.24) is 5.32 Å². The van der Waals surface area contributed by atoms with E-state index in [4.69, 9.17) is 5.11 Å². The molecule has 0 spiro atoms. The zero-order valence-corrected chi connectivity index (χ0v) is 9.29. The van der Waals surface area contributed by atoms with Crippen molar-refractivity contribution in [2.75, 3.05) is 19.7 Å². The normalized spacial score (nSPS) is 30.9. The lowest BCUT2D eigenvalue weighted by Crippen LogP contribution is -2.41. The van der Waals surface area contributed by atoms with Crippen LogP contribution >= 0.6 is 0 Å². The van der Waals surface area contributed by atoms with Gasteiger partial charge in [0.05, 0.1) is 6.10 Å². The van der Waals surface area contributed by atoms with Gasteiger partial charge in [0, 0.05) is 18.6 Å². The van der Waals surface area contributed by atoms with Gasteiger partial charge in [0.25, 0.3) is 0 Å². The van der Waals surface area contributed by atoms with Crippen LogP contribution in [-0.2, 0) is 0 Å². The molecule has 1 fully saturated rings. The molecule has 14 heavy (non-hydrogen) atoms. The molecule has 0 saturated heterocycles. The van der Waals surface area contributed by atoms with Crippen molar-refractivity contribution in [3.63, 3.8) is 0 Å². The van der Waals surface area contributed by atoms with Gasteiger partial charge in [-0.3, -0.25) is 0 Å². The van der Waals surface area contributed by atoms with Crippen LogP contribution in [-0.4, -0.2) is 36.0 Å². The highest BCUT2D eigenvalue weighted by Gasteiger charge is 2.27. The summed E-state index contributed by atoms with van der Waals surface area (Å²) in [6.07, 6.45) is 2.81. The second kappa shape index (κ2) is 5.10. The topological polar surface area (TPSA) is 52.5 Å². The molecule has 0 aromatic heterocycles. The molecule has 3 nitrogen and oxygen atoms in total. The second-order valence-electron chi connectivity index (χ2n) is 4.94. The van der Waals surface area contributed by atoms with E-state index in [1.165, 1.54) is 0 Å². The van der Waals surface area contributed by atoms with Crippen LogP contribution in [0.4, 0.5) is 0 Å². The fraction of sp³-hybridized carbons (Fsp3) is 1.00. The molecule has 0 radical (unpaired) electrons. The minimum Gasteiger partial charge on any atom is -0.396 e. The summed E-state index contributed by atoms with van der Waals surface area (Å²) in [5.74, 6) is 0.643. The lowest BCUT2D eigenvalue weighted by Gasteiger charge is -2.33. The van der Waals surface area contributed by atoms with Crippen LogP contribution in [0, 0.1) is 11.3 Å². The van der Waals surface area contributed by atoms with Gasteiger partial charge in [0.2, 0.25) is 0 Å². The number of aliphatic hydroxyl groups is 2. The molecule has 0 heterocycles. The molecule has 3 heteroatoms. The first-order chi connectivity index (χ1) is 6.59. The van der Waals surface area contributed by atoms with Crippen LogP contribution in [0.3, 0.4) is 0 Å². The maximum absolute atomic E-state index is 9.18. The van der Waals surface area contributed by atoms with Gasteiger partial charge in [0.15, 0.2) is 0 Å². The van der Waals surface area contributed by atoms with Crippen molar-refractivity contribution in [1.29, 1.82) is 0 Å². The SMILES string of the molecule is CCC(C)(CO)CNCC1CC(O)C1. The number of hydrogen-bond acceptors (Lipinski definition) is 3. The first-order valence-corrected chi connectivity index (χ1v) is 5.59. The van der Waals surface area contributed by atoms with E-state index >= 15 is 0 Å². The predicted molar refractivity (Wildman–Crippen MR) is 57.1 cm³/mol. The molecule has 1 unspecified atom stereocenters. The van der Waals surface area contributed by atoms with Crippen molar-refractivity contribution < 1.29 is 10.2 Å². The Bertz CT molecular complexity index is 163. The summed E-state index contributed by atoms with van der Waals surface area (Å²) in [5.41, 5.74) is 0.0162. The van der Waals surface area contributed by atoms with Crippen LogP contribution in [0.1, 0.15) is 33.1 Å². The van der Waals surface area contributed by atoms with Crippen molar-refractivity contribution in [2.24, 2.45) is 11.3 Å². The minimum atomic E-state index is -0.0581. The summed E-state index contributed by atoms with van der Waals surface area (Å²) in [7, 11) is 0. The van der Waals surface area contributed by atoms with Gasteiger partial charge in [-0.1, -0.05) is 13.8 Å². The lowest BCUT2D eigenvalue weighted by atomic mass is 9.82. The van der Waals surface area contributed by atoms with Gasteiger partial charge in [-0.05, 0) is 31.7 Å². The Labute approximate surface area is 86.5 Å². The molecule has 0 bridgehead atoms. The summed E-state index contributed by atoms with van der Waals surface area (Å²) in [6, 6.07) is 0. The maximum Gasteiger partial charge on any atom is 0.0546 e. The molecule has 84 valence electrons. The van der Waals surface area contributed by atoms with E-state index in [1.807, 2.05) is 0 Å². The van der Waals surface area contributed by atoms with Gasteiger partial charge >= 0.3 is 0 Å². The van der Waals surface area contributed by atoms with E-state index in [-0.39, 0.29) is 18.1 Å². The lowest BCUT2D eigenvalue weighted by molar-refractivity contribution is 0.0404. The zero-order valence-electron chi connectivity index (χ0n) is 9.29. The quantitative estimate of drug-likeness (QED) is 0.594. The Kier molecular flexibility index (Phi) is 4.35. The van der Waals surface area contributed by atoms with Crippen molar-refractivity contribution in [2.45, 2.75) is 39.2 Å².